The van der Waals surface area contributed by atoms with Crippen molar-refractivity contribution < 1.29 is 5.11 Å². The molecule has 0 aliphatic carbocycles. The van der Waals surface area contributed by atoms with Crippen molar-refractivity contribution in [2.45, 2.75) is 44.8 Å². The second-order valence-corrected chi connectivity index (χ2v) is 4.97. The Labute approximate surface area is 93.1 Å². The van der Waals surface area contributed by atoms with Crippen LogP contribution in [0.15, 0.2) is 0 Å². The van der Waals surface area contributed by atoms with Gasteiger partial charge in [0.05, 0.1) is 6.10 Å². The summed E-state index contributed by atoms with van der Waals surface area (Å²) in [5.41, 5.74) is 0. The zero-order valence-corrected chi connectivity index (χ0v) is 9.86. The lowest BCUT2D eigenvalue weighted by Gasteiger charge is -2.49. The highest BCUT2D eigenvalue weighted by Crippen LogP contribution is 2.20. The Balaban J connectivity index is 1.77. The molecule has 0 spiro atoms. The van der Waals surface area contributed by atoms with Crippen LogP contribution in [0.5, 0.6) is 0 Å². The molecule has 0 saturated carbocycles. The summed E-state index contributed by atoms with van der Waals surface area (Å²) in [4.78, 5) is 4.98. The minimum atomic E-state index is -0.0975. The van der Waals surface area contributed by atoms with Gasteiger partial charge < -0.3 is 5.11 Å². The Morgan fingerprint density at radius 1 is 1.20 bits per heavy atom. The molecule has 0 amide bonds. The smallest absolute Gasteiger partial charge is 0.0707 e. The van der Waals surface area contributed by atoms with E-state index in [1.54, 1.807) is 0 Å². The zero-order chi connectivity index (χ0) is 10.7. The van der Waals surface area contributed by atoms with Gasteiger partial charge in [0.15, 0.2) is 0 Å². The maximum absolute atomic E-state index is 10.2. The molecule has 3 heteroatoms. The van der Waals surface area contributed by atoms with E-state index in [1.165, 1.54) is 32.4 Å². The van der Waals surface area contributed by atoms with E-state index < -0.39 is 0 Å². The Morgan fingerprint density at radius 3 is 2.47 bits per heavy atom. The van der Waals surface area contributed by atoms with E-state index >= 15 is 0 Å². The lowest BCUT2D eigenvalue weighted by molar-refractivity contribution is -0.0485. The molecule has 0 aromatic heterocycles. The highest BCUT2D eigenvalue weighted by Gasteiger charge is 2.35. The molecule has 0 radical (unpaired) electrons. The van der Waals surface area contributed by atoms with Crippen LogP contribution < -0.4 is 0 Å². The standard InChI is InChI=1S/C12H24N2O/c1-2-3-4-5-12(15)11-10-13-6-8-14(11)9-7-13/h11-12,15H,2-10H2,1H3. The van der Waals surface area contributed by atoms with Crippen LogP contribution in [0.4, 0.5) is 0 Å². The molecule has 3 nitrogen and oxygen atoms in total. The van der Waals surface area contributed by atoms with Crippen molar-refractivity contribution in [3.63, 3.8) is 0 Å². The third-order valence-electron chi connectivity index (χ3n) is 3.87. The molecule has 2 atom stereocenters. The molecule has 2 unspecified atom stereocenters. The van der Waals surface area contributed by atoms with Crippen LogP contribution in [-0.4, -0.2) is 59.8 Å². The molecule has 88 valence electrons. The highest BCUT2D eigenvalue weighted by molar-refractivity contribution is 4.91. The van der Waals surface area contributed by atoms with E-state index in [9.17, 15) is 5.11 Å². The Bertz CT molecular complexity index is 190. The average molecular weight is 212 g/mol. The fourth-order valence-electron chi connectivity index (χ4n) is 2.82. The number of fused-ring (bicyclic) bond motifs is 3. The monoisotopic (exact) mass is 212 g/mol. The first-order valence-corrected chi connectivity index (χ1v) is 6.45. The molecule has 1 N–H and O–H groups in total. The molecular formula is C12H24N2O. The molecular weight excluding hydrogens is 188 g/mol. The van der Waals surface area contributed by atoms with Gasteiger partial charge in [-0.15, -0.1) is 0 Å². The fourth-order valence-corrected chi connectivity index (χ4v) is 2.82. The van der Waals surface area contributed by atoms with Crippen molar-refractivity contribution in [2.75, 3.05) is 32.7 Å². The highest BCUT2D eigenvalue weighted by atomic mass is 16.3. The molecule has 2 bridgehead atoms. The van der Waals surface area contributed by atoms with Crippen LogP contribution >= 0.6 is 0 Å². The number of hydrogen-bond donors (Lipinski definition) is 1. The molecule has 15 heavy (non-hydrogen) atoms. The Morgan fingerprint density at radius 2 is 1.93 bits per heavy atom. The van der Waals surface area contributed by atoms with E-state index in [0.717, 1.165) is 26.1 Å². The van der Waals surface area contributed by atoms with Crippen LogP contribution in [0.25, 0.3) is 0 Å². The van der Waals surface area contributed by atoms with Crippen molar-refractivity contribution in [1.82, 2.24) is 9.80 Å². The van der Waals surface area contributed by atoms with Gasteiger partial charge in [0.25, 0.3) is 0 Å². The first kappa shape index (κ1) is 11.4. The normalized spacial score (nSPS) is 36.8. The largest absolute Gasteiger partial charge is 0.391 e. The van der Waals surface area contributed by atoms with Gasteiger partial charge >= 0.3 is 0 Å². The minimum absolute atomic E-state index is 0.0975. The van der Waals surface area contributed by atoms with Crippen LogP contribution in [0.3, 0.4) is 0 Å². The second kappa shape index (κ2) is 5.28. The summed E-state index contributed by atoms with van der Waals surface area (Å²) < 4.78 is 0. The summed E-state index contributed by atoms with van der Waals surface area (Å²) in [6.07, 6.45) is 4.57. The third-order valence-corrected chi connectivity index (χ3v) is 3.87. The van der Waals surface area contributed by atoms with Crippen LogP contribution in [-0.2, 0) is 0 Å². The first-order valence-electron chi connectivity index (χ1n) is 6.45. The van der Waals surface area contributed by atoms with Crippen molar-refractivity contribution in [3.8, 4) is 0 Å². The van der Waals surface area contributed by atoms with Crippen molar-refractivity contribution >= 4 is 0 Å². The molecule has 3 fully saturated rings. The summed E-state index contributed by atoms with van der Waals surface area (Å²) in [6.45, 7) is 8.04. The van der Waals surface area contributed by atoms with Crippen LogP contribution in [0, 0.1) is 0 Å². The summed E-state index contributed by atoms with van der Waals surface area (Å²) in [5.74, 6) is 0. The number of nitrogens with zero attached hydrogens (tertiary/aromatic N) is 2. The predicted molar refractivity (Wildman–Crippen MR) is 61.9 cm³/mol. The number of rotatable bonds is 5. The van der Waals surface area contributed by atoms with E-state index in [-0.39, 0.29) is 6.10 Å². The molecule has 0 aromatic carbocycles. The van der Waals surface area contributed by atoms with Crippen LogP contribution in [0.2, 0.25) is 0 Å². The zero-order valence-electron chi connectivity index (χ0n) is 9.86. The van der Waals surface area contributed by atoms with Crippen molar-refractivity contribution in [1.29, 1.82) is 0 Å². The SMILES string of the molecule is CCCCCC(O)C1CN2CCN1CC2. The third kappa shape index (κ3) is 2.71. The maximum Gasteiger partial charge on any atom is 0.0707 e. The Kier molecular flexibility index (Phi) is 4.00. The van der Waals surface area contributed by atoms with Gasteiger partial charge in [-0.3, -0.25) is 9.80 Å². The van der Waals surface area contributed by atoms with Gasteiger partial charge in [-0.1, -0.05) is 26.2 Å². The molecule has 3 saturated heterocycles. The van der Waals surface area contributed by atoms with E-state index in [4.69, 9.17) is 0 Å². The number of unbranched alkanes of at least 4 members (excludes halogenated alkanes) is 2. The van der Waals surface area contributed by atoms with Gasteiger partial charge in [0.1, 0.15) is 0 Å². The number of piperazine rings is 3. The number of hydrogen-bond acceptors (Lipinski definition) is 3. The molecule has 3 aliphatic rings. The molecule has 3 aliphatic heterocycles. The predicted octanol–water partition coefficient (Wildman–Crippen LogP) is 0.927. The topological polar surface area (TPSA) is 26.7 Å². The molecule has 0 aromatic rings. The average Bonchev–Trinajstić information content (AvgIpc) is 2.30. The summed E-state index contributed by atoms with van der Waals surface area (Å²) in [6, 6.07) is 0.421. The van der Waals surface area contributed by atoms with Gasteiger partial charge in [-0.05, 0) is 6.42 Å². The summed E-state index contributed by atoms with van der Waals surface area (Å²) in [5, 5.41) is 10.2. The fraction of sp³-hybridized carbons (Fsp3) is 1.00. The quantitative estimate of drug-likeness (QED) is 0.687. The molecule has 3 heterocycles. The summed E-state index contributed by atoms with van der Waals surface area (Å²) >= 11 is 0. The number of aliphatic hydroxyl groups excluding tert-OH is 1. The summed E-state index contributed by atoms with van der Waals surface area (Å²) in [7, 11) is 0. The van der Waals surface area contributed by atoms with E-state index in [0.29, 0.717) is 6.04 Å². The van der Waals surface area contributed by atoms with Crippen molar-refractivity contribution in [2.24, 2.45) is 0 Å². The van der Waals surface area contributed by atoms with Gasteiger partial charge in [-0.25, -0.2) is 0 Å². The van der Waals surface area contributed by atoms with E-state index in [1.807, 2.05) is 0 Å². The van der Waals surface area contributed by atoms with Gasteiger partial charge in [0.2, 0.25) is 0 Å². The van der Waals surface area contributed by atoms with Gasteiger partial charge in [-0.2, -0.15) is 0 Å². The lowest BCUT2D eigenvalue weighted by atomic mass is 9.98. The lowest BCUT2D eigenvalue weighted by Crippen LogP contribution is -2.64. The molecule has 3 rings (SSSR count). The first-order chi connectivity index (χ1) is 7.31. The second-order valence-electron chi connectivity index (χ2n) is 4.97. The Hall–Kier alpha value is -0.120. The van der Waals surface area contributed by atoms with Crippen LogP contribution in [0.1, 0.15) is 32.6 Å². The van der Waals surface area contributed by atoms with E-state index in [2.05, 4.69) is 16.7 Å². The maximum atomic E-state index is 10.2. The van der Waals surface area contributed by atoms with Crippen molar-refractivity contribution in [3.05, 3.63) is 0 Å². The number of aliphatic hydroxyl groups is 1. The minimum Gasteiger partial charge on any atom is -0.391 e. The van der Waals surface area contributed by atoms with Gasteiger partial charge in [0, 0.05) is 38.8 Å².